The number of phenols is 1. The van der Waals surface area contributed by atoms with Crippen LogP contribution >= 0.6 is 0 Å². The lowest BCUT2D eigenvalue weighted by atomic mass is 10.2. The molecule has 0 radical (unpaired) electrons. The average molecular weight is 438 g/mol. The van der Waals surface area contributed by atoms with E-state index in [4.69, 9.17) is 0 Å². The summed E-state index contributed by atoms with van der Waals surface area (Å²) in [7, 11) is -4.48. The maximum absolute atomic E-state index is 11.5. The Balaban J connectivity index is 2.03. The summed E-state index contributed by atoms with van der Waals surface area (Å²) in [6, 6.07) is 17.6. The van der Waals surface area contributed by atoms with E-state index in [9.17, 15) is 22.9 Å². The molecule has 3 N–H and O–H groups in total. The second kappa shape index (κ2) is 9.28. The van der Waals surface area contributed by atoms with Crippen molar-refractivity contribution in [1.29, 1.82) is 0 Å². The lowest BCUT2D eigenvalue weighted by Gasteiger charge is -2.09. The Morgan fingerprint density at radius 2 is 1.71 bits per heavy atom. The molecule has 0 spiro atoms. The molecule has 0 aliphatic rings. The number of aromatic hydroxyl groups is 1. The van der Waals surface area contributed by atoms with Gasteiger partial charge in [-0.15, -0.1) is 10.2 Å². The summed E-state index contributed by atoms with van der Waals surface area (Å²) in [4.78, 5) is 10.8. The third-order valence-corrected chi connectivity index (χ3v) is 5.03. The minimum Gasteiger partial charge on any atom is -0.505 e. The molecular weight excluding hydrogens is 420 g/mol. The van der Waals surface area contributed by atoms with Crippen molar-refractivity contribution in [2.45, 2.75) is 11.8 Å². The van der Waals surface area contributed by atoms with E-state index in [1.54, 1.807) is 54.6 Å². The van der Waals surface area contributed by atoms with Gasteiger partial charge < -0.3 is 5.11 Å². The number of hydrazone groups is 1. The zero-order valence-corrected chi connectivity index (χ0v) is 17.1. The van der Waals surface area contributed by atoms with Crippen molar-refractivity contribution in [2.24, 2.45) is 15.3 Å². The molecule has 0 aliphatic carbocycles. The molecule has 31 heavy (non-hydrogen) atoms. The zero-order valence-electron chi connectivity index (χ0n) is 16.3. The van der Waals surface area contributed by atoms with Crippen LogP contribution in [0, 0.1) is 6.92 Å². The third kappa shape index (κ3) is 5.38. The Bertz CT molecular complexity index is 1270. The van der Waals surface area contributed by atoms with Crippen molar-refractivity contribution in [3.05, 3.63) is 83.4 Å². The Labute approximate surface area is 178 Å². The van der Waals surface area contributed by atoms with Crippen LogP contribution in [0.4, 0.5) is 11.4 Å². The lowest BCUT2D eigenvalue weighted by molar-refractivity contribution is 0.112. The minimum atomic E-state index is -4.48. The van der Waals surface area contributed by atoms with Gasteiger partial charge in [0.25, 0.3) is 10.1 Å². The Morgan fingerprint density at radius 1 is 1.03 bits per heavy atom. The highest BCUT2D eigenvalue weighted by atomic mass is 32.2. The summed E-state index contributed by atoms with van der Waals surface area (Å²) in [5.41, 5.74) is 4.00. The fraction of sp³-hybridized carbons (Fsp3) is 0.0476. The Hall–Kier alpha value is -3.89. The van der Waals surface area contributed by atoms with E-state index in [1.165, 1.54) is 6.92 Å². The first-order chi connectivity index (χ1) is 14.8. The largest absolute Gasteiger partial charge is 0.505 e. The van der Waals surface area contributed by atoms with E-state index < -0.39 is 15.0 Å². The number of nitrogens with one attached hydrogen (secondary N) is 1. The number of hydrogen-bond acceptors (Lipinski definition) is 7. The third-order valence-electron chi connectivity index (χ3n) is 4.20. The van der Waals surface area contributed by atoms with Gasteiger partial charge in [-0.1, -0.05) is 42.5 Å². The summed E-state index contributed by atoms with van der Waals surface area (Å²) in [5, 5.41) is 22.6. The standard InChI is InChI=1S/C21H18N4O5S/c1-14-11-17(31(28,29)30)12-19(20(14)27)23-25-21(15-7-3-2-4-8-15)24-22-18-10-6-5-9-16(18)13-26/h2-13,23,27H,1H3,(H,28,29,30). The number of hydrogen-bond donors (Lipinski definition) is 3. The number of rotatable bonds is 6. The first-order valence-corrected chi connectivity index (χ1v) is 10.4. The average Bonchev–Trinajstić information content (AvgIpc) is 2.76. The van der Waals surface area contributed by atoms with Gasteiger partial charge in [-0.05, 0) is 36.8 Å². The molecule has 0 amide bonds. The number of anilines is 1. The highest BCUT2D eigenvalue weighted by Crippen LogP contribution is 2.31. The van der Waals surface area contributed by atoms with Crippen molar-refractivity contribution >= 4 is 33.6 Å². The van der Waals surface area contributed by atoms with E-state index in [0.717, 1.165) is 12.1 Å². The molecule has 3 aromatic rings. The number of azo groups is 1. The summed E-state index contributed by atoms with van der Waals surface area (Å²) in [6.45, 7) is 1.48. The molecule has 0 saturated heterocycles. The van der Waals surface area contributed by atoms with Gasteiger partial charge in [-0.2, -0.15) is 13.5 Å². The van der Waals surface area contributed by atoms with Crippen molar-refractivity contribution in [2.75, 3.05) is 5.43 Å². The second-order valence-corrected chi connectivity index (χ2v) is 7.82. The van der Waals surface area contributed by atoms with Crippen LogP contribution in [0.15, 0.2) is 87.0 Å². The predicted molar refractivity (Wildman–Crippen MR) is 116 cm³/mol. The number of aryl methyl sites for hydroxylation is 1. The zero-order chi connectivity index (χ0) is 22.4. The first kappa shape index (κ1) is 21.8. The lowest BCUT2D eigenvalue weighted by Crippen LogP contribution is -2.04. The van der Waals surface area contributed by atoms with Crippen LogP contribution in [0.25, 0.3) is 0 Å². The maximum atomic E-state index is 11.5. The summed E-state index contributed by atoms with van der Waals surface area (Å²) >= 11 is 0. The molecule has 10 heteroatoms. The molecule has 0 fully saturated rings. The van der Waals surface area contributed by atoms with E-state index in [0.29, 0.717) is 23.1 Å². The van der Waals surface area contributed by atoms with Crippen molar-refractivity contribution < 1.29 is 22.9 Å². The van der Waals surface area contributed by atoms with Crippen molar-refractivity contribution in [3.63, 3.8) is 0 Å². The van der Waals surface area contributed by atoms with Gasteiger partial charge in [-0.3, -0.25) is 14.8 Å². The molecule has 0 heterocycles. The molecule has 0 bridgehead atoms. The molecule has 0 atom stereocenters. The molecule has 0 unspecified atom stereocenters. The van der Waals surface area contributed by atoms with Crippen molar-refractivity contribution in [3.8, 4) is 5.75 Å². The molecule has 0 saturated carbocycles. The SMILES string of the molecule is Cc1cc(S(=O)(=O)O)cc(NN=C(N=Nc2ccccc2C=O)c2ccccc2)c1O. The van der Waals surface area contributed by atoms with Crippen molar-refractivity contribution in [1.82, 2.24) is 0 Å². The summed E-state index contributed by atoms with van der Waals surface area (Å²) < 4.78 is 32.3. The molecule has 0 aliphatic heterocycles. The van der Waals surface area contributed by atoms with Crippen LogP contribution in [-0.2, 0) is 10.1 Å². The van der Waals surface area contributed by atoms with Crippen LogP contribution in [0.2, 0.25) is 0 Å². The van der Waals surface area contributed by atoms with E-state index in [1.807, 2.05) is 0 Å². The fourth-order valence-corrected chi connectivity index (χ4v) is 3.20. The minimum absolute atomic E-state index is 0.0513. The predicted octanol–water partition coefficient (Wildman–Crippen LogP) is 4.32. The van der Waals surface area contributed by atoms with Crippen LogP contribution in [0.1, 0.15) is 21.5 Å². The Morgan fingerprint density at radius 3 is 2.39 bits per heavy atom. The monoisotopic (exact) mass is 438 g/mol. The summed E-state index contributed by atoms with van der Waals surface area (Å²) in [5.74, 6) is -0.137. The van der Waals surface area contributed by atoms with Gasteiger partial charge in [0.05, 0.1) is 16.3 Å². The number of carbonyl (C=O) groups is 1. The molecule has 9 nitrogen and oxygen atoms in total. The van der Waals surface area contributed by atoms with Gasteiger partial charge in [0, 0.05) is 11.1 Å². The highest BCUT2D eigenvalue weighted by Gasteiger charge is 2.15. The number of nitrogens with zero attached hydrogens (tertiary/aromatic N) is 3. The van der Waals surface area contributed by atoms with Crippen LogP contribution in [-0.4, -0.2) is 30.2 Å². The molecule has 3 aromatic carbocycles. The first-order valence-electron chi connectivity index (χ1n) is 8.96. The van der Waals surface area contributed by atoms with Crippen LogP contribution in [0.3, 0.4) is 0 Å². The quantitative estimate of drug-likeness (QED) is 0.0996. The molecule has 3 rings (SSSR count). The number of benzene rings is 3. The topological polar surface area (TPSA) is 141 Å². The van der Waals surface area contributed by atoms with Gasteiger partial charge in [0.15, 0.2) is 6.29 Å². The van der Waals surface area contributed by atoms with E-state index >= 15 is 0 Å². The van der Waals surface area contributed by atoms with Gasteiger partial charge in [-0.25, -0.2) is 0 Å². The van der Waals surface area contributed by atoms with Gasteiger partial charge >= 0.3 is 0 Å². The van der Waals surface area contributed by atoms with E-state index in [2.05, 4.69) is 20.8 Å². The Kier molecular flexibility index (Phi) is 6.53. The molecule has 0 aromatic heterocycles. The number of carbonyl (C=O) groups excluding carboxylic acids is 1. The second-order valence-electron chi connectivity index (χ2n) is 6.40. The van der Waals surface area contributed by atoms with Crippen LogP contribution < -0.4 is 5.43 Å². The van der Waals surface area contributed by atoms with E-state index in [-0.39, 0.29) is 22.8 Å². The molecule has 158 valence electrons. The smallest absolute Gasteiger partial charge is 0.294 e. The fourth-order valence-electron chi connectivity index (χ4n) is 2.61. The van der Waals surface area contributed by atoms with Gasteiger partial charge in [0.2, 0.25) is 5.84 Å². The summed E-state index contributed by atoms with van der Waals surface area (Å²) in [6.07, 6.45) is 0.660. The number of phenolic OH excluding ortho intramolecular Hbond substituents is 1. The van der Waals surface area contributed by atoms with Crippen LogP contribution in [0.5, 0.6) is 5.75 Å². The normalized spacial score (nSPS) is 12.1. The molecular formula is C21H18N4O5S. The maximum Gasteiger partial charge on any atom is 0.294 e. The number of aldehydes is 1. The highest BCUT2D eigenvalue weighted by molar-refractivity contribution is 7.85. The number of amidine groups is 1. The van der Waals surface area contributed by atoms with Gasteiger partial charge in [0.1, 0.15) is 5.75 Å².